The Hall–Kier alpha value is -1.09. The van der Waals surface area contributed by atoms with Gasteiger partial charge in [-0.15, -0.1) is 0 Å². The van der Waals surface area contributed by atoms with Crippen molar-refractivity contribution in [2.75, 3.05) is 0 Å². The molecule has 1 aromatic carbocycles. The Kier molecular flexibility index (Phi) is 3.62. The molecule has 0 saturated heterocycles. The van der Waals surface area contributed by atoms with Crippen molar-refractivity contribution in [3.05, 3.63) is 41.1 Å². The molecule has 0 radical (unpaired) electrons. The van der Waals surface area contributed by atoms with E-state index < -0.39 is 0 Å². The second-order valence-corrected chi connectivity index (χ2v) is 6.16. The van der Waals surface area contributed by atoms with Crippen LogP contribution in [0.2, 0.25) is 0 Å². The first-order valence-corrected chi connectivity index (χ1v) is 7.17. The van der Waals surface area contributed by atoms with E-state index in [-0.39, 0.29) is 5.41 Å². The molecule has 0 aliphatic carbocycles. The van der Waals surface area contributed by atoms with Crippen LogP contribution in [0.1, 0.15) is 37.6 Å². The summed E-state index contributed by atoms with van der Waals surface area (Å²) in [6.07, 6.45) is 0. The molecule has 2 nitrogen and oxygen atoms in total. The van der Waals surface area contributed by atoms with E-state index in [2.05, 4.69) is 67.0 Å². The number of benzene rings is 1. The highest BCUT2D eigenvalue weighted by molar-refractivity contribution is 9.08. The molecule has 1 aromatic heterocycles. The van der Waals surface area contributed by atoms with Crippen molar-refractivity contribution in [1.82, 2.24) is 5.16 Å². The third-order valence-corrected chi connectivity index (χ3v) is 3.64. The summed E-state index contributed by atoms with van der Waals surface area (Å²) in [5.74, 6) is 0.841. The minimum absolute atomic E-state index is 0.140. The van der Waals surface area contributed by atoms with E-state index in [0.29, 0.717) is 5.33 Å². The molecule has 2 aromatic rings. The van der Waals surface area contributed by atoms with Gasteiger partial charge in [-0.3, -0.25) is 0 Å². The van der Waals surface area contributed by atoms with Crippen LogP contribution in [0.25, 0.3) is 11.3 Å². The van der Waals surface area contributed by atoms with Gasteiger partial charge in [-0.05, 0) is 29.5 Å². The van der Waals surface area contributed by atoms with Gasteiger partial charge in [-0.1, -0.05) is 54.0 Å². The van der Waals surface area contributed by atoms with E-state index >= 15 is 0 Å². The number of hydrogen-bond acceptors (Lipinski definition) is 2. The zero-order chi connectivity index (χ0) is 13.3. The Morgan fingerprint density at radius 1 is 1.22 bits per heavy atom. The van der Waals surface area contributed by atoms with Crippen molar-refractivity contribution >= 4 is 15.9 Å². The van der Waals surface area contributed by atoms with E-state index in [4.69, 9.17) is 4.52 Å². The van der Waals surface area contributed by atoms with Crippen LogP contribution in [0.4, 0.5) is 0 Å². The zero-order valence-corrected chi connectivity index (χ0v) is 12.8. The van der Waals surface area contributed by atoms with Gasteiger partial charge in [-0.25, -0.2) is 0 Å². The molecular weight excluding hydrogens is 290 g/mol. The molecule has 0 spiro atoms. The summed E-state index contributed by atoms with van der Waals surface area (Å²) < 4.78 is 5.41. The Labute approximate surface area is 117 Å². The van der Waals surface area contributed by atoms with Crippen LogP contribution in [-0.4, -0.2) is 5.16 Å². The fraction of sp³-hybridized carbons (Fsp3) is 0.400. The van der Waals surface area contributed by atoms with Gasteiger partial charge in [0.15, 0.2) is 5.76 Å². The number of alkyl halides is 1. The van der Waals surface area contributed by atoms with Gasteiger partial charge in [0.2, 0.25) is 0 Å². The lowest BCUT2D eigenvalue weighted by Gasteiger charge is -2.20. The van der Waals surface area contributed by atoms with Gasteiger partial charge in [0.05, 0.1) is 5.69 Å². The molecule has 96 valence electrons. The molecule has 0 aliphatic heterocycles. The standard InChI is InChI=1S/C15H18BrNO/c1-10-5-6-11(15(2,3)4)7-13(10)14-8-12(9-16)17-18-14/h5-8H,9H2,1-4H3. The highest BCUT2D eigenvalue weighted by atomic mass is 79.9. The van der Waals surface area contributed by atoms with Crippen LogP contribution in [0.5, 0.6) is 0 Å². The third-order valence-electron chi connectivity index (χ3n) is 3.06. The molecule has 0 fully saturated rings. The Morgan fingerprint density at radius 2 is 1.94 bits per heavy atom. The van der Waals surface area contributed by atoms with Crippen LogP contribution < -0.4 is 0 Å². The largest absolute Gasteiger partial charge is 0.356 e. The summed E-state index contributed by atoms with van der Waals surface area (Å²) in [6.45, 7) is 8.74. The van der Waals surface area contributed by atoms with Crippen molar-refractivity contribution in [1.29, 1.82) is 0 Å². The van der Waals surface area contributed by atoms with E-state index in [1.54, 1.807) is 0 Å². The lowest BCUT2D eigenvalue weighted by Crippen LogP contribution is -2.11. The average molecular weight is 308 g/mol. The van der Waals surface area contributed by atoms with Gasteiger partial charge >= 0.3 is 0 Å². The molecule has 18 heavy (non-hydrogen) atoms. The average Bonchev–Trinajstić information content (AvgIpc) is 2.76. The molecule has 0 unspecified atom stereocenters. The number of aryl methyl sites for hydroxylation is 1. The fourth-order valence-corrected chi connectivity index (χ4v) is 2.12. The smallest absolute Gasteiger partial charge is 0.167 e. The third kappa shape index (κ3) is 2.66. The molecule has 0 atom stereocenters. The summed E-state index contributed by atoms with van der Waals surface area (Å²) in [4.78, 5) is 0. The number of nitrogens with zero attached hydrogens (tertiary/aromatic N) is 1. The number of hydrogen-bond donors (Lipinski definition) is 0. The monoisotopic (exact) mass is 307 g/mol. The quantitative estimate of drug-likeness (QED) is 0.742. The summed E-state index contributed by atoms with van der Waals surface area (Å²) in [5, 5.41) is 4.74. The summed E-state index contributed by atoms with van der Waals surface area (Å²) in [6, 6.07) is 8.52. The molecule has 2 rings (SSSR count). The second-order valence-electron chi connectivity index (χ2n) is 5.60. The molecule has 3 heteroatoms. The van der Waals surface area contributed by atoms with Gasteiger partial charge in [-0.2, -0.15) is 0 Å². The topological polar surface area (TPSA) is 26.0 Å². The minimum atomic E-state index is 0.140. The van der Waals surface area contributed by atoms with Crippen molar-refractivity contribution in [2.45, 2.75) is 38.4 Å². The number of halogens is 1. The molecule has 0 N–H and O–H groups in total. The van der Waals surface area contributed by atoms with Gasteiger partial charge < -0.3 is 4.52 Å². The van der Waals surface area contributed by atoms with Crippen LogP contribution in [-0.2, 0) is 10.7 Å². The van der Waals surface area contributed by atoms with Crippen molar-refractivity contribution in [3.8, 4) is 11.3 Å². The number of rotatable bonds is 2. The predicted molar refractivity (Wildman–Crippen MR) is 78.0 cm³/mol. The molecular formula is C15H18BrNO. The normalized spacial score (nSPS) is 11.8. The summed E-state index contributed by atoms with van der Waals surface area (Å²) >= 11 is 3.39. The summed E-state index contributed by atoms with van der Waals surface area (Å²) in [5.41, 5.74) is 4.70. The fourth-order valence-electron chi connectivity index (χ4n) is 1.86. The highest BCUT2D eigenvalue weighted by Gasteiger charge is 2.16. The lowest BCUT2D eigenvalue weighted by atomic mass is 9.85. The highest BCUT2D eigenvalue weighted by Crippen LogP contribution is 2.30. The minimum Gasteiger partial charge on any atom is -0.356 e. The first-order chi connectivity index (χ1) is 8.41. The Balaban J connectivity index is 2.49. The van der Waals surface area contributed by atoms with E-state index in [1.807, 2.05) is 6.07 Å². The van der Waals surface area contributed by atoms with Gasteiger partial charge in [0, 0.05) is 17.0 Å². The number of aromatic nitrogens is 1. The van der Waals surface area contributed by atoms with Gasteiger partial charge in [0.25, 0.3) is 0 Å². The second kappa shape index (κ2) is 4.88. The maximum Gasteiger partial charge on any atom is 0.167 e. The molecule has 0 aliphatic rings. The van der Waals surface area contributed by atoms with Gasteiger partial charge in [0.1, 0.15) is 0 Å². The van der Waals surface area contributed by atoms with Crippen molar-refractivity contribution in [2.24, 2.45) is 0 Å². The van der Waals surface area contributed by atoms with Crippen LogP contribution in [0.15, 0.2) is 28.8 Å². The molecule has 0 saturated carbocycles. The van der Waals surface area contributed by atoms with E-state index in [9.17, 15) is 0 Å². The SMILES string of the molecule is Cc1ccc(C(C)(C)C)cc1-c1cc(CBr)no1. The molecule has 1 heterocycles. The predicted octanol–water partition coefficient (Wildman–Crippen LogP) is 4.84. The van der Waals surface area contributed by atoms with E-state index in [0.717, 1.165) is 17.0 Å². The maximum absolute atomic E-state index is 5.41. The lowest BCUT2D eigenvalue weighted by molar-refractivity contribution is 0.426. The maximum atomic E-state index is 5.41. The van der Waals surface area contributed by atoms with Crippen molar-refractivity contribution in [3.63, 3.8) is 0 Å². The van der Waals surface area contributed by atoms with E-state index in [1.165, 1.54) is 11.1 Å². The first kappa shape index (κ1) is 13.3. The Morgan fingerprint density at radius 3 is 2.50 bits per heavy atom. The van der Waals surface area contributed by atoms with Crippen LogP contribution >= 0.6 is 15.9 Å². The Bertz CT molecular complexity index is 552. The van der Waals surface area contributed by atoms with Crippen LogP contribution in [0, 0.1) is 6.92 Å². The summed E-state index contributed by atoms with van der Waals surface area (Å²) in [7, 11) is 0. The zero-order valence-electron chi connectivity index (χ0n) is 11.2. The molecule has 0 amide bonds. The first-order valence-electron chi connectivity index (χ1n) is 6.05. The molecule has 0 bridgehead atoms. The van der Waals surface area contributed by atoms with Crippen LogP contribution in [0.3, 0.4) is 0 Å². The van der Waals surface area contributed by atoms with Crippen molar-refractivity contribution < 1.29 is 4.52 Å².